The second-order valence-corrected chi connectivity index (χ2v) is 3.35. The molecule has 6 heteroatoms. The fourth-order valence-electron chi connectivity index (χ4n) is 1.30. The van der Waals surface area contributed by atoms with Gasteiger partial charge in [0, 0.05) is 18.9 Å². The van der Waals surface area contributed by atoms with Crippen molar-refractivity contribution in [2.75, 3.05) is 17.2 Å². The molecule has 0 aliphatic rings. The van der Waals surface area contributed by atoms with Gasteiger partial charge in [0.2, 0.25) is 5.95 Å². The van der Waals surface area contributed by atoms with Gasteiger partial charge < -0.3 is 10.6 Å². The summed E-state index contributed by atoms with van der Waals surface area (Å²) in [4.78, 5) is 16.4. The first-order chi connectivity index (χ1) is 8.38. The Hall–Kier alpha value is -2.24. The maximum atomic E-state index is 4.30. The number of hydrogen-bond donors (Lipinski definition) is 2. The number of nitrogens with one attached hydrogen (secondary N) is 2. The van der Waals surface area contributed by atoms with Gasteiger partial charge in [0.1, 0.15) is 12.1 Å². The highest BCUT2D eigenvalue weighted by molar-refractivity contribution is 5.39. The van der Waals surface area contributed by atoms with E-state index in [1.165, 1.54) is 6.33 Å². The molecule has 0 saturated carbocycles. The van der Waals surface area contributed by atoms with Crippen LogP contribution in [0.5, 0.6) is 0 Å². The van der Waals surface area contributed by atoms with E-state index in [1.807, 2.05) is 19.1 Å². The predicted octanol–water partition coefficient (Wildman–Crippen LogP) is 1.31. The van der Waals surface area contributed by atoms with E-state index in [4.69, 9.17) is 0 Å². The number of hydrogen-bond acceptors (Lipinski definition) is 6. The molecule has 88 valence electrons. The molecule has 0 fully saturated rings. The van der Waals surface area contributed by atoms with Crippen LogP contribution in [0.2, 0.25) is 0 Å². The van der Waals surface area contributed by atoms with Crippen molar-refractivity contribution in [3.05, 3.63) is 36.5 Å². The number of aromatic nitrogens is 4. The minimum atomic E-state index is 0.616. The summed E-state index contributed by atoms with van der Waals surface area (Å²) in [7, 11) is 0. The molecule has 0 amide bonds. The Morgan fingerprint density at radius 3 is 2.82 bits per heavy atom. The van der Waals surface area contributed by atoms with Crippen molar-refractivity contribution in [2.45, 2.75) is 13.5 Å². The normalized spacial score (nSPS) is 9.94. The summed E-state index contributed by atoms with van der Waals surface area (Å²) >= 11 is 0. The van der Waals surface area contributed by atoms with Crippen LogP contribution in [0.3, 0.4) is 0 Å². The summed E-state index contributed by atoms with van der Waals surface area (Å²) in [6, 6.07) is 3.68. The van der Waals surface area contributed by atoms with Crippen molar-refractivity contribution in [2.24, 2.45) is 0 Å². The van der Waals surface area contributed by atoms with Gasteiger partial charge in [-0.1, -0.05) is 0 Å². The molecule has 0 radical (unpaired) electrons. The molecular weight excluding hydrogens is 216 g/mol. The molecule has 0 aromatic carbocycles. The van der Waals surface area contributed by atoms with Crippen LogP contribution in [-0.4, -0.2) is 26.5 Å². The molecule has 2 N–H and O–H groups in total. The van der Waals surface area contributed by atoms with E-state index in [9.17, 15) is 0 Å². The summed E-state index contributed by atoms with van der Waals surface area (Å²) in [5.41, 5.74) is 0.920. The number of anilines is 2. The Bertz CT molecular complexity index is 459. The Morgan fingerprint density at radius 1 is 1.12 bits per heavy atom. The van der Waals surface area contributed by atoms with Gasteiger partial charge in [0.05, 0.1) is 12.2 Å². The summed E-state index contributed by atoms with van der Waals surface area (Å²) in [6.07, 6.45) is 4.96. The van der Waals surface area contributed by atoms with E-state index < -0.39 is 0 Å². The molecule has 0 aliphatic carbocycles. The average molecular weight is 230 g/mol. The number of nitrogens with zero attached hydrogens (tertiary/aromatic N) is 4. The zero-order valence-corrected chi connectivity index (χ0v) is 9.59. The maximum Gasteiger partial charge on any atom is 0.224 e. The SMILES string of the molecule is CCNc1nccc(NCc2ccncn2)n1. The Morgan fingerprint density at radius 2 is 2.06 bits per heavy atom. The molecule has 6 nitrogen and oxygen atoms in total. The molecule has 0 saturated heterocycles. The van der Waals surface area contributed by atoms with Crippen molar-refractivity contribution in [1.82, 2.24) is 19.9 Å². The van der Waals surface area contributed by atoms with Crippen LogP contribution >= 0.6 is 0 Å². The van der Waals surface area contributed by atoms with E-state index in [-0.39, 0.29) is 0 Å². The van der Waals surface area contributed by atoms with E-state index in [1.54, 1.807) is 12.4 Å². The van der Waals surface area contributed by atoms with Crippen LogP contribution in [0.1, 0.15) is 12.6 Å². The molecule has 0 atom stereocenters. The topological polar surface area (TPSA) is 75.6 Å². The van der Waals surface area contributed by atoms with Gasteiger partial charge in [0.25, 0.3) is 0 Å². The predicted molar refractivity (Wildman–Crippen MR) is 65.6 cm³/mol. The first-order valence-electron chi connectivity index (χ1n) is 5.44. The van der Waals surface area contributed by atoms with Crippen molar-refractivity contribution in [3.63, 3.8) is 0 Å². The van der Waals surface area contributed by atoms with Crippen LogP contribution in [0.15, 0.2) is 30.9 Å². The van der Waals surface area contributed by atoms with Crippen molar-refractivity contribution < 1.29 is 0 Å². The highest BCUT2D eigenvalue weighted by Gasteiger charge is 1.98. The number of rotatable bonds is 5. The molecule has 0 unspecified atom stereocenters. The van der Waals surface area contributed by atoms with Gasteiger partial charge in [-0.05, 0) is 19.1 Å². The van der Waals surface area contributed by atoms with Crippen LogP contribution in [0, 0.1) is 0 Å². The summed E-state index contributed by atoms with van der Waals surface area (Å²) in [6.45, 7) is 3.42. The second-order valence-electron chi connectivity index (χ2n) is 3.35. The minimum Gasteiger partial charge on any atom is -0.364 e. The fourth-order valence-corrected chi connectivity index (χ4v) is 1.30. The Kier molecular flexibility index (Phi) is 3.80. The van der Waals surface area contributed by atoms with E-state index in [0.717, 1.165) is 18.1 Å². The lowest BCUT2D eigenvalue weighted by molar-refractivity contribution is 0.988. The van der Waals surface area contributed by atoms with Gasteiger partial charge in [-0.3, -0.25) is 0 Å². The molecule has 0 spiro atoms. The van der Waals surface area contributed by atoms with Gasteiger partial charge in [-0.2, -0.15) is 4.98 Å². The van der Waals surface area contributed by atoms with Crippen LogP contribution in [-0.2, 0) is 6.54 Å². The van der Waals surface area contributed by atoms with Crippen LogP contribution in [0.25, 0.3) is 0 Å². The molecule has 17 heavy (non-hydrogen) atoms. The zero-order chi connectivity index (χ0) is 11.9. The third kappa shape index (κ3) is 3.37. The third-order valence-corrected chi connectivity index (χ3v) is 2.08. The molecular formula is C11H14N6. The quantitative estimate of drug-likeness (QED) is 0.806. The first-order valence-corrected chi connectivity index (χ1v) is 5.44. The van der Waals surface area contributed by atoms with E-state index in [2.05, 4.69) is 30.6 Å². The Labute approximate surface area is 99.6 Å². The lowest BCUT2D eigenvalue weighted by Crippen LogP contribution is -2.06. The van der Waals surface area contributed by atoms with Crippen molar-refractivity contribution >= 4 is 11.8 Å². The minimum absolute atomic E-state index is 0.616. The standard InChI is InChI=1S/C11H14N6/c1-2-13-11-14-6-4-10(17-11)15-7-9-3-5-12-8-16-9/h3-6,8H,2,7H2,1H3,(H2,13,14,15,17). The molecule has 2 heterocycles. The largest absolute Gasteiger partial charge is 0.364 e. The molecule has 2 rings (SSSR count). The van der Waals surface area contributed by atoms with E-state index in [0.29, 0.717) is 12.5 Å². The van der Waals surface area contributed by atoms with Gasteiger partial charge in [0.15, 0.2) is 0 Å². The lowest BCUT2D eigenvalue weighted by atomic mass is 10.4. The maximum absolute atomic E-state index is 4.30. The van der Waals surface area contributed by atoms with Gasteiger partial charge in [-0.15, -0.1) is 0 Å². The molecule has 2 aromatic heterocycles. The summed E-state index contributed by atoms with van der Waals surface area (Å²) in [5, 5.41) is 6.24. The van der Waals surface area contributed by atoms with Gasteiger partial charge in [-0.25, -0.2) is 15.0 Å². The fraction of sp³-hybridized carbons (Fsp3) is 0.273. The Balaban J connectivity index is 1.97. The third-order valence-electron chi connectivity index (χ3n) is 2.08. The monoisotopic (exact) mass is 230 g/mol. The second kappa shape index (κ2) is 5.74. The average Bonchev–Trinajstić information content (AvgIpc) is 2.39. The molecule has 0 aliphatic heterocycles. The first kappa shape index (κ1) is 11.3. The van der Waals surface area contributed by atoms with Crippen LogP contribution < -0.4 is 10.6 Å². The summed E-state index contributed by atoms with van der Waals surface area (Å²) in [5.74, 6) is 1.40. The lowest BCUT2D eigenvalue weighted by Gasteiger charge is -2.06. The zero-order valence-electron chi connectivity index (χ0n) is 9.59. The highest BCUT2D eigenvalue weighted by atomic mass is 15.1. The van der Waals surface area contributed by atoms with E-state index >= 15 is 0 Å². The molecule has 0 bridgehead atoms. The molecule has 2 aromatic rings. The van der Waals surface area contributed by atoms with Gasteiger partial charge >= 0.3 is 0 Å². The van der Waals surface area contributed by atoms with Crippen LogP contribution in [0.4, 0.5) is 11.8 Å². The smallest absolute Gasteiger partial charge is 0.224 e. The van der Waals surface area contributed by atoms with Crippen molar-refractivity contribution in [1.29, 1.82) is 0 Å². The van der Waals surface area contributed by atoms with Crippen molar-refractivity contribution in [3.8, 4) is 0 Å². The summed E-state index contributed by atoms with van der Waals surface area (Å²) < 4.78 is 0. The highest BCUT2D eigenvalue weighted by Crippen LogP contribution is 2.06.